The first-order chi connectivity index (χ1) is 16.6. The smallest absolute Gasteiger partial charge is 0.335 e. The largest absolute Gasteiger partial charge is 0.478 e. The molecule has 2 amide bonds. The van der Waals surface area contributed by atoms with Gasteiger partial charge in [-0.25, -0.2) is 4.79 Å². The van der Waals surface area contributed by atoms with E-state index in [1.807, 2.05) is 26.0 Å². The van der Waals surface area contributed by atoms with Crippen LogP contribution in [0.1, 0.15) is 45.4 Å². The molecule has 8 heteroatoms. The highest BCUT2D eigenvalue weighted by Crippen LogP contribution is 2.29. The second-order valence-corrected chi connectivity index (χ2v) is 8.80. The lowest BCUT2D eigenvalue weighted by molar-refractivity contribution is -0.122. The summed E-state index contributed by atoms with van der Waals surface area (Å²) in [5, 5.41) is 11.8. The summed E-state index contributed by atoms with van der Waals surface area (Å²) >= 11 is 5.24. The molecule has 2 heterocycles. The number of para-hydroxylation sites is 1. The van der Waals surface area contributed by atoms with Gasteiger partial charge in [0, 0.05) is 11.4 Å². The second-order valence-electron chi connectivity index (χ2n) is 8.41. The minimum atomic E-state index is -1.13. The number of benzene rings is 2. The molecular weight excluding hydrogens is 462 g/mol. The Kier molecular flexibility index (Phi) is 6.41. The molecule has 0 unspecified atom stereocenters. The minimum Gasteiger partial charge on any atom is -0.478 e. The standard InChI is InChI=1S/C27H25N3O4S/c1-5-18-9-6-8-15(2)23(18)29-16(3)12-20(17(29)4)14-22-24(31)28-27(35)30(25(22)32)21-11-7-10-19(13-21)26(33)34/h6-14H,5H2,1-4H3,(H,33,34)(H,28,31,35). The van der Waals surface area contributed by atoms with Gasteiger partial charge in [0.05, 0.1) is 16.9 Å². The Hall–Kier alpha value is -4.04. The van der Waals surface area contributed by atoms with Gasteiger partial charge in [-0.2, -0.15) is 0 Å². The highest BCUT2D eigenvalue weighted by molar-refractivity contribution is 7.80. The molecule has 1 aromatic heterocycles. The van der Waals surface area contributed by atoms with Crippen LogP contribution in [0.25, 0.3) is 11.8 Å². The topological polar surface area (TPSA) is 91.6 Å². The Balaban J connectivity index is 1.80. The van der Waals surface area contributed by atoms with E-state index in [2.05, 4.69) is 35.9 Å². The number of hydrogen-bond acceptors (Lipinski definition) is 4. The van der Waals surface area contributed by atoms with Crippen molar-refractivity contribution in [2.75, 3.05) is 4.90 Å². The molecule has 2 N–H and O–H groups in total. The number of amides is 2. The van der Waals surface area contributed by atoms with Crippen LogP contribution >= 0.6 is 12.2 Å². The van der Waals surface area contributed by atoms with Crippen molar-refractivity contribution in [3.05, 3.63) is 87.7 Å². The molecule has 7 nitrogen and oxygen atoms in total. The maximum Gasteiger partial charge on any atom is 0.335 e. The summed E-state index contributed by atoms with van der Waals surface area (Å²) < 4.78 is 2.14. The van der Waals surface area contributed by atoms with E-state index in [4.69, 9.17) is 12.2 Å². The van der Waals surface area contributed by atoms with Crippen molar-refractivity contribution in [3.63, 3.8) is 0 Å². The average Bonchev–Trinajstić information content (AvgIpc) is 3.09. The first-order valence-electron chi connectivity index (χ1n) is 11.2. The molecule has 1 aliphatic heterocycles. The zero-order chi connectivity index (χ0) is 25.4. The number of anilines is 1. The highest BCUT2D eigenvalue weighted by Gasteiger charge is 2.35. The second kappa shape index (κ2) is 9.31. The number of rotatable bonds is 5. The van der Waals surface area contributed by atoms with Crippen LogP contribution in [0.4, 0.5) is 5.69 Å². The van der Waals surface area contributed by atoms with Gasteiger partial charge >= 0.3 is 5.97 Å². The minimum absolute atomic E-state index is 0.00837. The quantitative estimate of drug-likeness (QED) is 0.314. The SMILES string of the molecule is CCc1cccc(C)c1-n1c(C)cc(C=C2C(=O)NC(=S)N(c3cccc(C(=O)O)c3)C2=O)c1C. The van der Waals surface area contributed by atoms with Gasteiger partial charge in [0.25, 0.3) is 11.8 Å². The third kappa shape index (κ3) is 4.28. The summed E-state index contributed by atoms with van der Waals surface area (Å²) in [6, 6.07) is 14.0. The number of carbonyl (C=O) groups is 3. The molecule has 2 aromatic carbocycles. The number of aromatic carboxylic acids is 1. The van der Waals surface area contributed by atoms with Crippen molar-refractivity contribution in [2.45, 2.75) is 34.1 Å². The van der Waals surface area contributed by atoms with Crippen LogP contribution in [-0.4, -0.2) is 32.6 Å². The van der Waals surface area contributed by atoms with Crippen molar-refractivity contribution in [3.8, 4) is 5.69 Å². The highest BCUT2D eigenvalue weighted by atomic mass is 32.1. The van der Waals surface area contributed by atoms with Crippen LogP contribution in [0.5, 0.6) is 0 Å². The monoisotopic (exact) mass is 487 g/mol. The van der Waals surface area contributed by atoms with E-state index < -0.39 is 17.8 Å². The Morgan fingerprint density at radius 2 is 1.80 bits per heavy atom. The van der Waals surface area contributed by atoms with Gasteiger partial charge in [-0.3, -0.25) is 19.8 Å². The number of aryl methyl sites for hydroxylation is 3. The molecule has 4 rings (SSSR count). The zero-order valence-corrected chi connectivity index (χ0v) is 20.7. The molecule has 0 radical (unpaired) electrons. The lowest BCUT2D eigenvalue weighted by atomic mass is 10.0. The number of nitrogens with zero attached hydrogens (tertiary/aromatic N) is 2. The van der Waals surface area contributed by atoms with Crippen molar-refractivity contribution in [1.29, 1.82) is 0 Å². The van der Waals surface area contributed by atoms with E-state index in [0.717, 1.165) is 39.5 Å². The van der Waals surface area contributed by atoms with Crippen LogP contribution < -0.4 is 10.2 Å². The van der Waals surface area contributed by atoms with E-state index >= 15 is 0 Å². The molecule has 0 saturated carbocycles. The van der Waals surface area contributed by atoms with Gasteiger partial charge < -0.3 is 9.67 Å². The Morgan fingerprint density at radius 1 is 1.09 bits per heavy atom. The average molecular weight is 488 g/mol. The molecule has 3 aromatic rings. The van der Waals surface area contributed by atoms with Crippen molar-refractivity contribution in [2.24, 2.45) is 0 Å². The molecule has 178 valence electrons. The van der Waals surface area contributed by atoms with E-state index in [-0.39, 0.29) is 21.9 Å². The normalized spacial score (nSPS) is 15.0. The molecule has 0 atom stereocenters. The summed E-state index contributed by atoms with van der Waals surface area (Å²) in [5.41, 5.74) is 6.23. The van der Waals surface area contributed by atoms with Gasteiger partial charge in [0.15, 0.2) is 5.11 Å². The van der Waals surface area contributed by atoms with Crippen LogP contribution in [0.2, 0.25) is 0 Å². The number of thiocarbonyl (C=S) groups is 1. The Labute approximate surface area is 208 Å². The lowest BCUT2D eigenvalue weighted by Gasteiger charge is -2.29. The number of carboxylic acids is 1. The predicted molar refractivity (Wildman–Crippen MR) is 139 cm³/mol. The summed E-state index contributed by atoms with van der Waals surface area (Å²) in [7, 11) is 0. The summed E-state index contributed by atoms with van der Waals surface area (Å²) in [6.45, 7) is 8.11. The molecule has 0 aliphatic carbocycles. The molecule has 1 aliphatic rings. The van der Waals surface area contributed by atoms with Crippen molar-refractivity contribution < 1.29 is 19.5 Å². The molecule has 0 bridgehead atoms. The zero-order valence-electron chi connectivity index (χ0n) is 19.9. The van der Waals surface area contributed by atoms with Gasteiger partial charge in [-0.05, 0) is 86.4 Å². The first-order valence-corrected chi connectivity index (χ1v) is 11.6. The fourth-order valence-corrected chi connectivity index (χ4v) is 4.71. The Bertz CT molecular complexity index is 1430. The summed E-state index contributed by atoms with van der Waals surface area (Å²) in [5.74, 6) is -2.34. The van der Waals surface area contributed by atoms with E-state index in [9.17, 15) is 19.5 Å². The maximum atomic E-state index is 13.4. The number of carboxylic acid groups (broad SMARTS) is 1. The van der Waals surface area contributed by atoms with Gasteiger partial charge in [0.1, 0.15) is 5.57 Å². The van der Waals surface area contributed by atoms with E-state index in [0.29, 0.717) is 0 Å². The lowest BCUT2D eigenvalue weighted by Crippen LogP contribution is -2.54. The third-order valence-corrected chi connectivity index (χ3v) is 6.43. The van der Waals surface area contributed by atoms with Gasteiger partial charge in [-0.1, -0.05) is 31.2 Å². The predicted octanol–water partition coefficient (Wildman–Crippen LogP) is 4.49. The number of aromatic nitrogens is 1. The molecule has 1 saturated heterocycles. The van der Waals surface area contributed by atoms with E-state index in [1.165, 1.54) is 23.8 Å². The molecular formula is C27H25N3O4S. The molecule has 0 spiro atoms. The fraction of sp³-hybridized carbons (Fsp3) is 0.185. The van der Waals surface area contributed by atoms with E-state index in [1.54, 1.807) is 12.1 Å². The first kappa shape index (κ1) is 24.1. The van der Waals surface area contributed by atoms with Crippen LogP contribution in [0.15, 0.2) is 54.1 Å². The summed E-state index contributed by atoms with van der Waals surface area (Å²) in [6.07, 6.45) is 2.43. The molecule has 35 heavy (non-hydrogen) atoms. The maximum absolute atomic E-state index is 13.4. The molecule has 1 fully saturated rings. The van der Waals surface area contributed by atoms with Crippen LogP contribution in [0.3, 0.4) is 0 Å². The van der Waals surface area contributed by atoms with Crippen molar-refractivity contribution >= 4 is 46.9 Å². The fourth-order valence-electron chi connectivity index (χ4n) is 4.43. The van der Waals surface area contributed by atoms with Gasteiger partial charge in [0.2, 0.25) is 0 Å². The van der Waals surface area contributed by atoms with Gasteiger partial charge in [-0.15, -0.1) is 0 Å². The van der Waals surface area contributed by atoms with Crippen molar-refractivity contribution in [1.82, 2.24) is 9.88 Å². The van der Waals surface area contributed by atoms with Crippen LogP contribution in [-0.2, 0) is 16.0 Å². The number of nitrogens with one attached hydrogen (secondary N) is 1. The number of carbonyl (C=O) groups excluding carboxylic acids is 2. The number of hydrogen-bond donors (Lipinski definition) is 2. The summed E-state index contributed by atoms with van der Waals surface area (Å²) in [4.78, 5) is 38.7. The van der Waals surface area contributed by atoms with Crippen LogP contribution in [0, 0.1) is 20.8 Å². The third-order valence-electron chi connectivity index (χ3n) is 6.15. The Morgan fingerprint density at radius 3 is 2.49 bits per heavy atom.